The van der Waals surface area contributed by atoms with Crippen LogP contribution < -0.4 is 0 Å². The van der Waals surface area contributed by atoms with Crippen molar-refractivity contribution in [1.29, 1.82) is 0 Å². The third-order valence-electron chi connectivity index (χ3n) is 4.02. The lowest BCUT2D eigenvalue weighted by atomic mass is 10.2. The lowest BCUT2D eigenvalue weighted by Gasteiger charge is -2.33. The summed E-state index contributed by atoms with van der Waals surface area (Å²) in [6.45, 7) is 4.29. The van der Waals surface area contributed by atoms with Crippen LogP contribution in [0.4, 0.5) is 4.39 Å². The van der Waals surface area contributed by atoms with Crippen LogP contribution in [0.2, 0.25) is 5.02 Å². The topological polar surface area (TPSA) is 18.8 Å². The molecule has 0 spiro atoms. The van der Waals surface area contributed by atoms with E-state index in [9.17, 15) is 4.39 Å². The lowest BCUT2D eigenvalue weighted by Crippen LogP contribution is -2.43. The van der Waals surface area contributed by atoms with Gasteiger partial charge in [-0.15, -0.1) is 0 Å². The molecule has 0 radical (unpaired) electrons. The third kappa shape index (κ3) is 4.56. The molecule has 3 rings (SSSR count). The van der Waals surface area contributed by atoms with Gasteiger partial charge in [-0.05, 0) is 29.8 Å². The van der Waals surface area contributed by atoms with Crippen molar-refractivity contribution in [3.63, 3.8) is 0 Å². The average Bonchev–Trinajstić information content (AvgIpc) is 2.59. The van der Waals surface area contributed by atoms with Crippen LogP contribution in [0.1, 0.15) is 11.1 Å². The van der Waals surface area contributed by atoms with Crippen molar-refractivity contribution >= 4 is 33.7 Å². The van der Waals surface area contributed by atoms with E-state index in [4.69, 9.17) is 11.6 Å². The SMILES string of the molecule is Fc1ccc(Br)cc1C=NN1CCN(Cc2ccccc2Cl)CC1. The van der Waals surface area contributed by atoms with Crippen molar-refractivity contribution < 1.29 is 4.39 Å². The van der Waals surface area contributed by atoms with Gasteiger partial charge in [0, 0.05) is 47.8 Å². The van der Waals surface area contributed by atoms with Gasteiger partial charge in [-0.3, -0.25) is 9.91 Å². The molecule has 1 heterocycles. The molecule has 0 amide bonds. The number of nitrogens with zero attached hydrogens (tertiary/aromatic N) is 3. The van der Waals surface area contributed by atoms with Gasteiger partial charge in [0.25, 0.3) is 0 Å². The van der Waals surface area contributed by atoms with Crippen LogP contribution >= 0.6 is 27.5 Å². The molecule has 3 nitrogen and oxygen atoms in total. The van der Waals surface area contributed by atoms with Gasteiger partial charge in [-0.25, -0.2) is 4.39 Å². The van der Waals surface area contributed by atoms with Gasteiger partial charge in [0.15, 0.2) is 0 Å². The predicted molar refractivity (Wildman–Crippen MR) is 100.0 cm³/mol. The Kier molecular flexibility index (Phi) is 5.87. The summed E-state index contributed by atoms with van der Waals surface area (Å²) in [6, 6.07) is 12.8. The maximum absolute atomic E-state index is 13.7. The van der Waals surface area contributed by atoms with Gasteiger partial charge in [-0.2, -0.15) is 5.10 Å². The number of benzene rings is 2. The number of rotatable bonds is 4. The van der Waals surface area contributed by atoms with Crippen molar-refractivity contribution in [1.82, 2.24) is 9.91 Å². The number of halogens is 3. The average molecular weight is 411 g/mol. The first-order valence-corrected chi connectivity index (χ1v) is 8.98. The summed E-state index contributed by atoms with van der Waals surface area (Å²) in [5.74, 6) is -0.265. The highest BCUT2D eigenvalue weighted by Gasteiger charge is 2.16. The smallest absolute Gasteiger partial charge is 0.132 e. The Hall–Kier alpha value is -1.43. The summed E-state index contributed by atoms with van der Waals surface area (Å²) in [4.78, 5) is 2.35. The van der Waals surface area contributed by atoms with E-state index >= 15 is 0 Å². The standard InChI is InChI=1S/C18H18BrClFN3/c19-16-5-6-18(21)15(11-16)12-22-24-9-7-23(8-10-24)13-14-3-1-2-4-17(14)20/h1-6,11-12H,7-10,13H2. The molecule has 1 fully saturated rings. The molecule has 0 saturated carbocycles. The van der Waals surface area contributed by atoms with Gasteiger partial charge in [0.1, 0.15) is 5.82 Å². The first-order valence-electron chi connectivity index (χ1n) is 7.81. The summed E-state index contributed by atoms with van der Waals surface area (Å²) in [6.07, 6.45) is 1.59. The largest absolute Gasteiger partial charge is 0.295 e. The van der Waals surface area contributed by atoms with Crippen molar-refractivity contribution in [2.45, 2.75) is 6.54 Å². The molecule has 2 aromatic rings. The Morgan fingerprint density at radius 3 is 2.62 bits per heavy atom. The fraction of sp³-hybridized carbons (Fsp3) is 0.278. The molecule has 0 bridgehead atoms. The van der Waals surface area contributed by atoms with Gasteiger partial charge in [0.2, 0.25) is 0 Å². The van der Waals surface area contributed by atoms with Gasteiger partial charge >= 0.3 is 0 Å². The third-order valence-corrected chi connectivity index (χ3v) is 4.88. The highest BCUT2D eigenvalue weighted by Crippen LogP contribution is 2.18. The first-order chi connectivity index (χ1) is 11.6. The van der Waals surface area contributed by atoms with Gasteiger partial charge in [-0.1, -0.05) is 45.7 Å². The summed E-state index contributed by atoms with van der Waals surface area (Å²) in [5.41, 5.74) is 1.63. The molecule has 1 aliphatic rings. The molecule has 126 valence electrons. The quantitative estimate of drug-likeness (QED) is 0.696. The number of piperazine rings is 1. The summed E-state index contributed by atoms with van der Waals surface area (Å²) in [7, 11) is 0. The molecule has 0 aliphatic carbocycles. The molecule has 2 aromatic carbocycles. The highest BCUT2D eigenvalue weighted by molar-refractivity contribution is 9.10. The van der Waals surface area contributed by atoms with Crippen LogP contribution in [0.25, 0.3) is 0 Å². The first kappa shape index (κ1) is 17.4. The minimum Gasteiger partial charge on any atom is -0.295 e. The predicted octanol–water partition coefficient (Wildman–Crippen LogP) is 4.39. The minimum atomic E-state index is -0.265. The molecule has 1 saturated heterocycles. The van der Waals surface area contributed by atoms with Gasteiger partial charge < -0.3 is 0 Å². The zero-order valence-corrected chi connectivity index (χ0v) is 15.5. The second kappa shape index (κ2) is 8.10. The number of hydrogen-bond acceptors (Lipinski definition) is 3. The second-order valence-corrected chi connectivity index (χ2v) is 7.05. The summed E-state index contributed by atoms with van der Waals surface area (Å²) < 4.78 is 14.6. The zero-order chi connectivity index (χ0) is 16.9. The second-order valence-electron chi connectivity index (χ2n) is 5.73. The Morgan fingerprint density at radius 2 is 1.88 bits per heavy atom. The molecule has 0 unspecified atom stereocenters. The molecule has 0 N–H and O–H groups in total. The fourth-order valence-electron chi connectivity index (χ4n) is 2.64. The summed E-state index contributed by atoms with van der Waals surface area (Å²) >= 11 is 9.57. The van der Waals surface area contributed by atoms with E-state index in [-0.39, 0.29) is 5.82 Å². The van der Waals surface area contributed by atoms with E-state index in [2.05, 4.69) is 32.0 Å². The Bertz CT molecular complexity index is 730. The normalized spacial score (nSPS) is 16.0. The summed E-state index contributed by atoms with van der Waals surface area (Å²) in [5, 5.41) is 7.19. The monoisotopic (exact) mass is 409 g/mol. The van der Waals surface area contributed by atoms with Gasteiger partial charge in [0.05, 0.1) is 6.21 Å². The lowest BCUT2D eigenvalue weighted by molar-refractivity contribution is 0.131. The Labute approximate surface area is 154 Å². The van der Waals surface area contributed by atoms with Crippen molar-refractivity contribution in [3.8, 4) is 0 Å². The van der Waals surface area contributed by atoms with E-state index in [1.165, 1.54) is 6.07 Å². The Morgan fingerprint density at radius 1 is 1.12 bits per heavy atom. The van der Waals surface area contributed by atoms with Crippen molar-refractivity contribution in [2.75, 3.05) is 26.2 Å². The molecule has 6 heteroatoms. The molecule has 0 aromatic heterocycles. The van der Waals surface area contributed by atoms with E-state index in [0.717, 1.165) is 47.8 Å². The van der Waals surface area contributed by atoms with E-state index in [1.807, 2.05) is 23.2 Å². The number of hydrogen-bond donors (Lipinski definition) is 0. The van der Waals surface area contributed by atoms with E-state index in [0.29, 0.717) is 5.56 Å². The van der Waals surface area contributed by atoms with Crippen LogP contribution in [0.15, 0.2) is 52.0 Å². The van der Waals surface area contributed by atoms with Crippen LogP contribution in [-0.4, -0.2) is 42.3 Å². The molecular weight excluding hydrogens is 393 g/mol. The van der Waals surface area contributed by atoms with Crippen LogP contribution in [0, 0.1) is 5.82 Å². The van der Waals surface area contributed by atoms with E-state index < -0.39 is 0 Å². The maximum atomic E-state index is 13.7. The number of hydrazone groups is 1. The molecule has 0 atom stereocenters. The minimum absolute atomic E-state index is 0.265. The van der Waals surface area contributed by atoms with E-state index in [1.54, 1.807) is 18.3 Å². The molecule has 1 aliphatic heterocycles. The highest BCUT2D eigenvalue weighted by atomic mass is 79.9. The Balaban J connectivity index is 1.54. The molecular formula is C18H18BrClFN3. The van der Waals surface area contributed by atoms with Crippen LogP contribution in [-0.2, 0) is 6.54 Å². The fourth-order valence-corrected chi connectivity index (χ4v) is 3.21. The maximum Gasteiger partial charge on any atom is 0.132 e. The van der Waals surface area contributed by atoms with Crippen LogP contribution in [0.3, 0.4) is 0 Å². The molecule has 24 heavy (non-hydrogen) atoms. The van der Waals surface area contributed by atoms with Crippen molar-refractivity contribution in [2.24, 2.45) is 5.10 Å². The zero-order valence-electron chi connectivity index (χ0n) is 13.1. The van der Waals surface area contributed by atoms with Crippen molar-refractivity contribution in [3.05, 3.63) is 68.9 Å². The van der Waals surface area contributed by atoms with Crippen LogP contribution in [0.5, 0.6) is 0 Å².